The first-order valence-corrected chi connectivity index (χ1v) is 5.17. The monoisotopic (exact) mass is 265 g/mol. The third kappa shape index (κ3) is 2.71. The Morgan fingerprint density at radius 3 is 2.47 bits per heavy atom. The largest absolute Gasteiger partial charge is 0.495 e. The molecular formula is C9H9Cl2NO2S. The number of nitrogens with zero attached hydrogens (tertiary/aromatic N) is 1. The van der Waals surface area contributed by atoms with Gasteiger partial charge < -0.3 is 9.64 Å². The number of halogens is 2. The van der Waals surface area contributed by atoms with Crippen molar-refractivity contribution in [2.24, 2.45) is 0 Å². The van der Waals surface area contributed by atoms with Gasteiger partial charge in [-0.25, -0.2) is 0 Å². The molecule has 6 heteroatoms. The first-order chi connectivity index (χ1) is 6.97. The minimum atomic E-state index is -0.418. The molecule has 15 heavy (non-hydrogen) atoms. The molecule has 0 bridgehead atoms. The standard InChI is InChI=1S/C9H9Cl2NO2S/c1-12(9(13)15)7-3-6(11)8(14-2)4-5(7)10/h3-4H,1-2H3,(H,13,15). The summed E-state index contributed by atoms with van der Waals surface area (Å²) in [5.74, 6) is 0.463. The number of hydrogen-bond donors (Lipinski definition) is 1. The van der Waals surface area contributed by atoms with Gasteiger partial charge in [0.05, 0.1) is 22.8 Å². The van der Waals surface area contributed by atoms with Crippen LogP contribution in [0.4, 0.5) is 10.5 Å². The van der Waals surface area contributed by atoms with E-state index in [4.69, 9.17) is 27.9 Å². The molecular weight excluding hydrogens is 257 g/mol. The van der Waals surface area contributed by atoms with Crippen LogP contribution in [0.3, 0.4) is 0 Å². The second kappa shape index (κ2) is 4.96. The Morgan fingerprint density at radius 2 is 2.00 bits per heavy atom. The Balaban J connectivity index is 3.21. The molecule has 0 aliphatic heterocycles. The molecule has 0 spiro atoms. The van der Waals surface area contributed by atoms with Crippen LogP contribution in [-0.4, -0.2) is 19.4 Å². The fraction of sp³-hybridized carbons (Fsp3) is 0.222. The highest BCUT2D eigenvalue weighted by Crippen LogP contribution is 2.35. The predicted octanol–water partition coefficient (Wildman–Crippen LogP) is 3.49. The van der Waals surface area contributed by atoms with E-state index in [9.17, 15) is 4.79 Å². The van der Waals surface area contributed by atoms with Crippen LogP contribution < -0.4 is 9.64 Å². The van der Waals surface area contributed by atoms with Crippen molar-refractivity contribution in [3.8, 4) is 5.75 Å². The van der Waals surface area contributed by atoms with Crippen LogP contribution in [0, 0.1) is 0 Å². The zero-order valence-electron chi connectivity index (χ0n) is 8.12. The van der Waals surface area contributed by atoms with Crippen molar-refractivity contribution < 1.29 is 9.53 Å². The number of benzene rings is 1. The van der Waals surface area contributed by atoms with Crippen molar-refractivity contribution in [1.82, 2.24) is 0 Å². The maximum Gasteiger partial charge on any atom is 0.282 e. The molecule has 0 atom stereocenters. The van der Waals surface area contributed by atoms with Gasteiger partial charge in [-0.05, 0) is 6.07 Å². The van der Waals surface area contributed by atoms with Gasteiger partial charge in [0.25, 0.3) is 5.24 Å². The Kier molecular flexibility index (Phi) is 4.13. The van der Waals surface area contributed by atoms with Gasteiger partial charge in [0.2, 0.25) is 0 Å². The fourth-order valence-corrected chi connectivity index (χ4v) is 1.66. The van der Waals surface area contributed by atoms with Crippen LogP contribution in [0.25, 0.3) is 0 Å². The van der Waals surface area contributed by atoms with E-state index in [-0.39, 0.29) is 0 Å². The maximum atomic E-state index is 11.0. The zero-order chi connectivity index (χ0) is 11.6. The average molecular weight is 266 g/mol. The Labute approximate surface area is 103 Å². The summed E-state index contributed by atoms with van der Waals surface area (Å²) in [6.45, 7) is 0. The van der Waals surface area contributed by atoms with Crippen LogP contribution >= 0.6 is 35.8 Å². The molecule has 0 radical (unpaired) electrons. The molecule has 0 N–H and O–H groups in total. The number of anilines is 1. The lowest BCUT2D eigenvalue weighted by atomic mass is 10.3. The summed E-state index contributed by atoms with van der Waals surface area (Å²) in [6.07, 6.45) is 0. The highest BCUT2D eigenvalue weighted by molar-refractivity contribution is 7.96. The number of amides is 1. The van der Waals surface area contributed by atoms with E-state index in [2.05, 4.69) is 12.6 Å². The van der Waals surface area contributed by atoms with E-state index in [0.717, 1.165) is 0 Å². The van der Waals surface area contributed by atoms with Crippen LogP contribution in [0.2, 0.25) is 10.0 Å². The van der Waals surface area contributed by atoms with E-state index < -0.39 is 5.24 Å². The molecule has 1 aromatic carbocycles. The van der Waals surface area contributed by atoms with E-state index in [1.807, 2.05) is 0 Å². The van der Waals surface area contributed by atoms with E-state index in [0.29, 0.717) is 21.5 Å². The highest BCUT2D eigenvalue weighted by atomic mass is 35.5. The average Bonchev–Trinajstić information content (AvgIpc) is 2.19. The summed E-state index contributed by atoms with van der Waals surface area (Å²) in [4.78, 5) is 12.3. The summed E-state index contributed by atoms with van der Waals surface area (Å²) in [6, 6.07) is 3.10. The number of carbonyl (C=O) groups excluding carboxylic acids is 1. The molecule has 0 heterocycles. The second-order valence-electron chi connectivity index (χ2n) is 2.78. The van der Waals surface area contributed by atoms with Gasteiger partial charge in [0, 0.05) is 13.1 Å². The third-order valence-corrected chi connectivity index (χ3v) is 2.77. The molecule has 0 aromatic heterocycles. The molecule has 0 unspecified atom stereocenters. The lowest BCUT2D eigenvalue weighted by Gasteiger charge is -2.17. The fourth-order valence-electron chi connectivity index (χ4n) is 1.03. The Hall–Kier alpha value is -0.580. The van der Waals surface area contributed by atoms with Crippen molar-refractivity contribution in [3.63, 3.8) is 0 Å². The molecule has 3 nitrogen and oxygen atoms in total. The normalized spacial score (nSPS) is 9.93. The summed E-state index contributed by atoms with van der Waals surface area (Å²) in [5, 5.41) is 0.345. The molecule has 0 aliphatic rings. The van der Waals surface area contributed by atoms with Gasteiger partial charge in [-0.15, -0.1) is 0 Å². The van der Waals surface area contributed by atoms with Crippen LogP contribution in [0.15, 0.2) is 12.1 Å². The minimum absolute atomic E-state index is 0.376. The maximum absolute atomic E-state index is 11.0. The summed E-state index contributed by atoms with van der Waals surface area (Å²) in [5.41, 5.74) is 0.488. The molecule has 82 valence electrons. The summed E-state index contributed by atoms with van der Waals surface area (Å²) >= 11 is 15.5. The van der Waals surface area contributed by atoms with Crippen molar-refractivity contribution in [1.29, 1.82) is 0 Å². The molecule has 0 fully saturated rings. The minimum Gasteiger partial charge on any atom is -0.495 e. The quantitative estimate of drug-likeness (QED) is 0.830. The molecule has 1 rings (SSSR count). The Bertz CT molecular complexity index is 398. The second-order valence-corrected chi connectivity index (χ2v) is 3.98. The first-order valence-electron chi connectivity index (χ1n) is 3.97. The van der Waals surface area contributed by atoms with Gasteiger partial charge in [0.15, 0.2) is 0 Å². The van der Waals surface area contributed by atoms with Crippen molar-refractivity contribution in [2.75, 3.05) is 19.1 Å². The SMILES string of the molecule is COc1cc(Cl)c(N(C)C(=O)S)cc1Cl. The number of rotatable bonds is 2. The van der Waals surface area contributed by atoms with Crippen molar-refractivity contribution in [3.05, 3.63) is 22.2 Å². The number of thiol groups is 1. The van der Waals surface area contributed by atoms with Gasteiger partial charge in [-0.1, -0.05) is 35.8 Å². The molecule has 1 amide bonds. The van der Waals surface area contributed by atoms with Gasteiger partial charge in [-0.3, -0.25) is 4.79 Å². The predicted molar refractivity (Wildman–Crippen MR) is 65.8 cm³/mol. The molecule has 1 aromatic rings. The number of carbonyl (C=O) groups is 1. The number of ether oxygens (including phenoxy) is 1. The van der Waals surface area contributed by atoms with Gasteiger partial charge in [0.1, 0.15) is 5.75 Å². The van der Waals surface area contributed by atoms with Gasteiger partial charge >= 0.3 is 0 Å². The smallest absolute Gasteiger partial charge is 0.282 e. The topological polar surface area (TPSA) is 29.5 Å². The lowest BCUT2D eigenvalue weighted by Crippen LogP contribution is -2.19. The van der Waals surface area contributed by atoms with Crippen LogP contribution in [0.5, 0.6) is 5.75 Å². The summed E-state index contributed by atoms with van der Waals surface area (Å²) in [7, 11) is 3.05. The lowest BCUT2D eigenvalue weighted by molar-refractivity contribution is 0.266. The van der Waals surface area contributed by atoms with Crippen molar-refractivity contribution in [2.45, 2.75) is 0 Å². The van der Waals surface area contributed by atoms with E-state index >= 15 is 0 Å². The number of hydrogen-bond acceptors (Lipinski definition) is 2. The molecule has 0 saturated carbocycles. The van der Waals surface area contributed by atoms with E-state index in [1.54, 1.807) is 19.2 Å². The molecule has 0 aliphatic carbocycles. The number of methoxy groups -OCH3 is 1. The highest BCUT2D eigenvalue weighted by Gasteiger charge is 2.14. The zero-order valence-corrected chi connectivity index (χ0v) is 10.5. The van der Waals surface area contributed by atoms with Crippen LogP contribution in [-0.2, 0) is 0 Å². The third-order valence-electron chi connectivity index (χ3n) is 1.87. The summed E-state index contributed by atoms with van der Waals surface area (Å²) < 4.78 is 4.98. The first kappa shape index (κ1) is 12.5. The van der Waals surface area contributed by atoms with Crippen LogP contribution in [0.1, 0.15) is 0 Å². The van der Waals surface area contributed by atoms with Crippen molar-refractivity contribution >= 4 is 46.8 Å². The van der Waals surface area contributed by atoms with Gasteiger partial charge in [-0.2, -0.15) is 0 Å². The van der Waals surface area contributed by atoms with E-state index in [1.165, 1.54) is 12.0 Å². The Morgan fingerprint density at radius 1 is 1.40 bits per heavy atom. The molecule has 0 saturated heterocycles.